The molecule has 0 saturated carbocycles. The number of rotatable bonds is 4. The normalized spacial score (nSPS) is 13.6. The van der Waals surface area contributed by atoms with Crippen LogP contribution in [0.5, 0.6) is 11.5 Å². The second-order valence-electron chi connectivity index (χ2n) is 6.87. The average molecular weight is 398 g/mol. The summed E-state index contributed by atoms with van der Waals surface area (Å²) in [7, 11) is 3.13. The zero-order valence-electron chi connectivity index (χ0n) is 16.0. The molecule has 1 aromatic carbocycles. The number of nitrogens with one attached hydrogen (secondary N) is 1. The van der Waals surface area contributed by atoms with Gasteiger partial charge in [-0.15, -0.1) is 11.3 Å². The minimum Gasteiger partial charge on any atom is -0.497 e. The molecule has 6 nitrogen and oxygen atoms in total. The summed E-state index contributed by atoms with van der Waals surface area (Å²) in [4.78, 5) is 19.1. The molecular weight excluding hydrogens is 374 g/mol. The monoisotopic (exact) mass is 397 g/mol. The molecule has 7 heteroatoms. The Hall–Kier alpha value is -2.80. The van der Waals surface area contributed by atoms with Crippen LogP contribution in [0.4, 0.5) is 11.4 Å². The molecule has 0 fully saturated rings. The fourth-order valence-corrected chi connectivity index (χ4v) is 4.59. The number of fused-ring (bicyclic) bond motifs is 2. The van der Waals surface area contributed by atoms with E-state index in [0.29, 0.717) is 27.8 Å². The molecule has 3 aromatic rings. The molecule has 1 amide bonds. The van der Waals surface area contributed by atoms with Crippen LogP contribution in [0, 0.1) is 0 Å². The van der Waals surface area contributed by atoms with Crippen LogP contribution in [0.3, 0.4) is 0 Å². The number of amides is 1. The van der Waals surface area contributed by atoms with E-state index in [1.807, 2.05) is 0 Å². The number of methoxy groups -OCH3 is 2. The molecule has 0 aliphatic heterocycles. The van der Waals surface area contributed by atoms with Gasteiger partial charge in [-0.05, 0) is 49.4 Å². The van der Waals surface area contributed by atoms with Gasteiger partial charge in [-0.3, -0.25) is 4.79 Å². The predicted molar refractivity (Wildman–Crippen MR) is 113 cm³/mol. The molecule has 0 bridgehead atoms. The first kappa shape index (κ1) is 18.6. The third kappa shape index (κ3) is 3.38. The first-order chi connectivity index (χ1) is 13.6. The van der Waals surface area contributed by atoms with E-state index in [2.05, 4.69) is 11.4 Å². The predicted octanol–water partition coefficient (Wildman–Crippen LogP) is 4.42. The van der Waals surface area contributed by atoms with Crippen LogP contribution in [0.1, 0.15) is 40.2 Å². The van der Waals surface area contributed by atoms with Crippen LogP contribution >= 0.6 is 11.3 Å². The van der Waals surface area contributed by atoms with Crippen LogP contribution in [-0.2, 0) is 12.8 Å². The van der Waals surface area contributed by atoms with Gasteiger partial charge in [0.1, 0.15) is 21.2 Å². The van der Waals surface area contributed by atoms with Crippen molar-refractivity contribution in [2.24, 2.45) is 0 Å². The summed E-state index contributed by atoms with van der Waals surface area (Å²) < 4.78 is 10.6. The van der Waals surface area contributed by atoms with E-state index < -0.39 is 0 Å². The third-order valence-electron chi connectivity index (χ3n) is 5.11. The number of benzene rings is 1. The van der Waals surface area contributed by atoms with Crippen LogP contribution in [0.25, 0.3) is 10.2 Å². The van der Waals surface area contributed by atoms with Gasteiger partial charge in [-0.2, -0.15) is 0 Å². The highest BCUT2D eigenvalue weighted by atomic mass is 32.1. The number of pyridine rings is 1. The Morgan fingerprint density at radius 3 is 2.75 bits per heavy atom. The van der Waals surface area contributed by atoms with Crippen molar-refractivity contribution in [3.8, 4) is 11.5 Å². The van der Waals surface area contributed by atoms with E-state index in [-0.39, 0.29) is 5.91 Å². The largest absolute Gasteiger partial charge is 0.497 e. The maximum absolute atomic E-state index is 12.9. The summed E-state index contributed by atoms with van der Waals surface area (Å²) in [5.74, 6) is 0.909. The van der Waals surface area contributed by atoms with Crippen molar-refractivity contribution in [2.75, 3.05) is 25.3 Å². The topological polar surface area (TPSA) is 86.5 Å². The minimum atomic E-state index is -0.276. The molecule has 1 aliphatic carbocycles. The summed E-state index contributed by atoms with van der Waals surface area (Å²) >= 11 is 1.33. The Balaban J connectivity index is 1.69. The number of nitrogens with two attached hydrogens (primary N) is 1. The van der Waals surface area contributed by atoms with E-state index >= 15 is 0 Å². The number of aromatic nitrogens is 1. The Kier molecular flexibility index (Phi) is 5.09. The fourth-order valence-electron chi connectivity index (χ4n) is 3.60. The Bertz CT molecular complexity index is 1050. The molecule has 0 saturated heterocycles. The number of nitrogens with zero attached hydrogens (tertiary/aromatic N) is 1. The molecule has 2 heterocycles. The highest BCUT2D eigenvalue weighted by molar-refractivity contribution is 7.21. The number of nitrogen functional groups attached to an aromatic ring is 1. The minimum absolute atomic E-state index is 0.276. The van der Waals surface area contributed by atoms with Crippen LogP contribution in [-0.4, -0.2) is 25.1 Å². The number of hydrogen-bond donors (Lipinski definition) is 2. The molecule has 0 atom stereocenters. The SMILES string of the molecule is COc1ccc(OC)c(NC(=O)c2sc3nc4c(cc3c2N)CCCCC4)c1. The zero-order valence-corrected chi connectivity index (χ0v) is 16.8. The summed E-state index contributed by atoms with van der Waals surface area (Å²) in [6, 6.07) is 7.37. The molecule has 146 valence electrons. The van der Waals surface area contributed by atoms with Crippen molar-refractivity contribution >= 4 is 38.8 Å². The zero-order chi connectivity index (χ0) is 19.7. The molecule has 1 aliphatic rings. The number of aryl methyl sites for hydroxylation is 2. The molecule has 3 N–H and O–H groups in total. The molecule has 0 unspecified atom stereocenters. The lowest BCUT2D eigenvalue weighted by molar-refractivity contribution is 0.103. The van der Waals surface area contributed by atoms with Gasteiger partial charge in [0.2, 0.25) is 0 Å². The van der Waals surface area contributed by atoms with Crippen molar-refractivity contribution in [3.05, 3.63) is 40.4 Å². The lowest BCUT2D eigenvalue weighted by Crippen LogP contribution is -2.12. The fraction of sp³-hybridized carbons (Fsp3) is 0.333. The van der Waals surface area contributed by atoms with Crippen molar-refractivity contribution < 1.29 is 14.3 Å². The number of anilines is 2. The first-order valence-electron chi connectivity index (χ1n) is 9.35. The number of carbonyl (C=O) groups is 1. The Labute approximate surface area is 167 Å². The van der Waals surface area contributed by atoms with Crippen molar-refractivity contribution in [3.63, 3.8) is 0 Å². The van der Waals surface area contributed by atoms with Gasteiger partial charge in [0.15, 0.2) is 0 Å². The van der Waals surface area contributed by atoms with Gasteiger partial charge >= 0.3 is 0 Å². The molecule has 4 rings (SSSR count). The molecule has 2 aromatic heterocycles. The molecule has 0 spiro atoms. The van der Waals surface area contributed by atoms with E-state index in [0.717, 1.165) is 35.2 Å². The Morgan fingerprint density at radius 2 is 1.96 bits per heavy atom. The van der Waals surface area contributed by atoms with E-state index in [1.54, 1.807) is 32.4 Å². The number of thiophene rings is 1. The highest BCUT2D eigenvalue weighted by Crippen LogP contribution is 2.36. The lowest BCUT2D eigenvalue weighted by Gasteiger charge is -2.11. The second-order valence-corrected chi connectivity index (χ2v) is 7.87. The van der Waals surface area contributed by atoms with Crippen LogP contribution in [0.2, 0.25) is 0 Å². The maximum atomic E-state index is 12.9. The number of hydrogen-bond acceptors (Lipinski definition) is 6. The van der Waals surface area contributed by atoms with Crippen molar-refractivity contribution in [1.29, 1.82) is 0 Å². The van der Waals surface area contributed by atoms with E-state index in [1.165, 1.54) is 29.7 Å². The number of ether oxygens (including phenoxy) is 2. The first-order valence-corrected chi connectivity index (χ1v) is 10.2. The quantitative estimate of drug-likeness (QED) is 0.637. The Morgan fingerprint density at radius 1 is 1.14 bits per heavy atom. The lowest BCUT2D eigenvalue weighted by atomic mass is 10.1. The van der Waals surface area contributed by atoms with Gasteiger partial charge in [0.25, 0.3) is 5.91 Å². The van der Waals surface area contributed by atoms with E-state index in [4.69, 9.17) is 20.2 Å². The van der Waals surface area contributed by atoms with Crippen LogP contribution in [0.15, 0.2) is 24.3 Å². The molecule has 0 radical (unpaired) electrons. The van der Waals surface area contributed by atoms with Crippen molar-refractivity contribution in [1.82, 2.24) is 4.98 Å². The second kappa shape index (κ2) is 7.67. The maximum Gasteiger partial charge on any atom is 0.268 e. The van der Waals surface area contributed by atoms with Crippen molar-refractivity contribution in [2.45, 2.75) is 32.1 Å². The van der Waals surface area contributed by atoms with Gasteiger partial charge in [0.05, 0.1) is 25.6 Å². The summed E-state index contributed by atoms with van der Waals surface area (Å²) in [5, 5.41) is 3.76. The van der Waals surface area contributed by atoms with Crippen LogP contribution < -0.4 is 20.5 Å². The molecular formula is C21H23N3O3S. The summed E-state index contributed by atoms with van der Waals surface area (Å²) in [5.41, 5.74) is 9.77. The highest BCUT2D eigenvalue weighted by Gasteiger charge is 2.21. The smallest absolute Gasteiger partial charge is 0.268 e. The summed E-state index contributed by atoms with van der Waals surface area (Å²) in [6.07, 6.45) is 5.58. The molecule has 28 heavy (non-hydrogen) atoms. The van der Waals surface area contributed by atoms with Gasteiger partial charge in [0, 0.05) is 17.1 Å². The van der Waals surface area contributed by atoms with E-state index in [9.17, 15) is 4.79 Å². The summed E-state index contributed by atoms with van der Waals surface area (Å²) in [6.45, 7) is 0. The number of carbonyl (C=O) groups excluding carboxylic acids is 1. The third-order valence-corrected chi connectivity index (χ3v) is 6.22. The van der Waals surface area contributed by atoms with Gasteiger partial charge < -0.3 is 20.5 Å². The average Bonchev–Trinajstić information content (AvgIpc) is 2.88. The van der Waals surface area contributed by atoms with Gasteiger partial charge in [-0.25, -0.2) is 4.98 Å². The van der Waals surface area contributed by atoms with Gasteiger partial charge in [-0.1, -0.05) is 6.42 Å². The standard InChI is InChI=1S/C21H23N3O3S/c1-26-13-8-9-17(27-2)16(11-13)23-20(25)19-18(22)14-10-12-6-4-3-5-7-15(12)24-21(14)28-19/h8-11H,3-7,22H2,1-2H3,(H,23,25).